The number of nitro groups is 1. The fourth-order valence-corrected chi connectivity index (χ4v) is 6.34. The molecule has 1 aromatic carbocycles. The molecule has 56 heavy (non-hydrogen) atoms. The SMILES string of the molecule is CCCCCCCCCCCCNC(=O)CC[C@H](NC(=O)CCNC(=O)CCCOc1ccc(/C=C/[N+](=O)[O-])cc1)C(=O)NCCCCCCCCCCCC. The van der Waals surface area contributed by atoms with Crippen LogP contribution in [0.4, 0.5) is 0 Å². The summed E-state index contributed by atoms with van der Waals surface area (Å²) >= 11 is 0. The average molecular weight is 786 g/mol. The van der Waals surface area contributed by atoms with Gasteiger partial charge in [-0.15, -0.1) is 0 Å². The summed E-state index contributed by atoms with van der Waals surface area (Å²) in [6.07, 6.45) is 27.6. The van der Waals surface area contributed by atoms with Gasteiger partial charge in [0.2, 0.25) is 29.8 Å². The molecule has 12 heteroatoms. The summed E-state index contributed by atoms with van der Waals surface area (Å²) in [6, 6.07) is 5.98. The Morgan fingerprint density at radius 2 is 1.09 bits per heavy atom. The molecule has 0 unspecified atom stereocenters. The van der Waals surface area contributed by atoms with Gasteiger partial charge in [-0.25, -0.2) is 0 Å². The van der Waals surface area contributed by atoms with Crippen molar-refractivity contribution in [3.05, 3.63) is 46.1 Å². The first-order chi connectivity index (χ1) is 27.2. The highest BCUT2D eigenvalue weighted by atomic mass is 16.6. The van der Waals surface area contributed by atoms with Crippen molar-refractivity contribution in [2.75, 3.05) is 26.2 Å². The number of hydrogen-bond donors (Lipinski definition) is 4. The Balaban J connectivity index is 2.40. The fraction of sp³-hybridized carbons (Fsp3) is 0.727. The molecule has 4 N–H and O–H groups in total. The number of hydrogen-bond acceptors (Lipinski definition) is 7. The van der Waals surface area contributed by atoms with Crippen molar-refractivity contribution < 1.29 is 28.8 Å². The molecule has 0 bridgehead atoms. The van der Waals surface area contributed by atoms with Crippen LogP contribution in [-0.2, 0) is 19.2 Å². The van der Waals surface area contributed by atoms with E-state index in [1.807, 2.05) is 0 Å². The molecule has 0 spiro atoms. The molecule has 0 aromatic heterocycles. The molecule has 0 fully saturated rings. The number of carbonyl (C=O) groups is 4. The Hall–Kier alpha value is -3.96. The molecule has 0 saturated heterocycles. The van der Waals surface area contributed by atoms with Crippen molar-refractivity contribution in [1.82, 2.24) is 21.3 Å². The molecule has 0 aliphatic heterocycles. The van der Waals surface area contributed by atoms with Gasteiger partial charge in [-0.05, 0) is 43.4 Å². The van der Waals surface area contributed by atoms with E-state index in [1.165, 1.54) is 102 Å². The Bertz CT molecular complexity index is 1220. The first-order valence-corrected chi connectivity index (χ1v) is 21.9. The summed E-state index contributed by atoms with van der Waals surface area (Å²) < 4.78 is 5.65. The first-order valence-electron chi connectivity index (χ1n) is 21.9. The van der Waals surface area contributed by atoms with E-state index in [0.717, 1.165) is 38.3 Å². The van der Waals surface area contributed by atoms with Crippen LogP contribution in [0.1, 0.15) is 180 Å². The maximum Gasteiger partial charge on any atom is 0.242 e. The summed E-state index contributed by atoms with van der Waals surface area (Å²) in [5, 5.41) is 21.9. The van der Waals surface area contributed by atoms with Gasteiger partial charge in [-0.3, -0.25) is 29.3 Å². The molecule has 0 radical (unpaired) electrons. The standard InChI is InChI=1S/C44H75N5O7/c1-3-5-7-9-11-13-15-17-19-21-33-45-42(51)30-29-40(44(53)47-34-22-20-18-16-14-12-10-8-6-4-2)48-43(52)31-35-46-41(50)24-23-37-56-39-27-25-38(26-28-39)32-36-49(54)55/h25-28,32,36,40H,3-24,29-31,33-35,37H2,1-2H3,(H,45,51)(H,46,50)(H,47,53)(H,48,52)/b36-32+/t40-/m0/s1. The zero-order valence-electron chi connectivity index (χ0n) is 34.9. The van der Waals surface area contributed by atoms with E-state index in [4.69, 9.17) is 4.74 Å². The number of amides is 4. The molecule has 0 saturated carbocycles. The van der Waals surface area contributed by atoms with Gasteiger partial charge in [0.05, 0.1) is 11.5 Å². The first kappa shape index (κ1) is 50.1. The van der Waals surface area contributed by atoms with E-state index in [-0.39, 0.29) is 55.9 Å². The molecule has 12 nitrogen and oxygen atoms in total. The van der Waals surface area contributed by atoms with Crippen molar-refractivity contribution in [2.45, 2.75) is 180 Å². The lowest BCUT2D eigenvalue weighted by Gasteiger charge is -2.19. The van der Waals surface area contributed by atoms with Crippen LogP contribution in [0.25, 0.3) is 6.08 Å². The maximum atomic E-state index is 13.1. The van der Waals surface area contributed by atoms with E-state index in [1.54, 1.807) is 24.3 Å². The third kappa shape index (κ3) is 30.3. The summed E-state index contributed by atoms with van der Waals surface area (Å²) in [5.74, 6) is -0.403. The molecular formula is C44H75N5O7. The minimum Gasteiger partial charge on any atom is -0.494 e. The number of nitrogens with zero attached hydrogens (tertiary/aromatic N) is 1. The quantitative estimate of drug-likeness (QED) is 0.0297. The van der Waals surface area contributed by atoms with Gasteiger partial charge in [0.1, 0.15) is 11.8 Å². The lowest BCUT2D eigenvalue weighted by Crippen LogP contribution is -2.48. The Kier molecular flexibility index (Phi) is 31.7. The van der Waals surface area contributed by atoms with E-state index < -0.39 is 11.0 Å². The molecule has 318 valence electrons. The van der Waals surface area contributed by atoms with Crippen LogP contribution in [0.3, 0.4) is 0 Å². The third-order valence-electron chi connectivity index (χ3n) is 9.75. The summed E-state index contributed by atoms with van der Waals surface area (Å²) in [4.78, 5) is 60.9. The molecule has 0 aliphatic carbocycles. The Morgan fingerprint density at radius 3 is 1.62 bits per heavy atom. The molecule has 0 aliphatic rings. The van der Waals surface area contributed by atoms with E-state index >= 15 is 0 Å². The molecule has 1 aromatic rings. The second kappa shape index (κ2) is 35.5. The third-order valence-corrected chi connectivity index (χ3v) is 9.75. The fourth-order valence-electron chi connectivity index (χ4n) is 6.34. The van der Waals surface area contributed by atoms with Crippen molar-refractivity contribution >= 4 is 29.7 Å². The highest BCUT2D eigenvalue weighted by Gasteiger charge is 2.21. The highest BCUT2D eigenvalue weighted by Crippen LogP contribution is 2.14. The van der Waals surface area contributed by atoms with Crippen LogP contribution in [-0.4, -0.2) is 60.8 Å². The van der Waals surface area contributed by atoms with Gasteiger partial charge >= 0.3 is 0 Å². The molecular weight excluding hydrogens is 711 g/mol. The van der Waals surface area contributed by atoms with Gasteiger partial charge in [0.25, 0.3) is 0 Å². The number of rotatable bonds is 37. The zero-order chi connectivity index (χ0) is 40.9. The topological polar surface area (TPSA) is 169 Å². The van der Waals surface area contributed by atoms with Gasteiger partial charge in [-0.1, -0.05) is 142 Å². The minimum absolute atomic E-state index is 0.00659. The van der Waals surface area contributed by atoms with Crippen LogP contribution < -0.4 is 26.0 Å². The van der Waals surface area contributed by atoms with Gasteiger partial charge in [0.15, 0.2) is 0 Å². The van der Waals surface area contributed by atoms with Crippen molar-refractivity contribution in [3.63, 3.8) is 0 Å². The van der Waals surface area contributed by atoms with E-state index in [2.05, 4.69) is 35.1 Å². The van der Waals surface area contributed by atoms with Gasteiger partial charge < -0.3 is 26.0 Å². The minimum atomic E-state index is -0.834. The number of nitrogens with one attached hydrogen (secondary N) is 4. The van der Waals surface area contributed by atoms with Crippen molar-refractivity contribution in [3.8, 4) is 5.75 Å². The van der Waals surface area contributed by atoms with Crippen molar-refractivity contribution in [1.29, 1.82) is 0 Å². The molecule has 4 amide bonds. The van der Waals surface area contributed by atoms with Crippen molar-refractivity contribution in [2.24, 2.45) is 0 Å². The Morgan fingerprint density at radius 1 is 0.607 bits per heavy atom. The number of unbranched alkanes of at least 4 members (excludes halogenated alkanes) is 18. The lowest BCUT2D eigenvalue weighted by molar-refractivity contribution is -0.400. The van der Waals surface area contributed by atoms with Crippen LogP contribution in [0, 0.1) is 10.1 Å². The van der Waals surface area contributed by atoms with Crippen LogP contribution >= 0.6 is 0 Å². The largest absolute Gasteiger partial charge is 0.494 e. The molecule has 1 rings (SSSR count). The van der Waals surface area contributed by atoms with E-state index in [0.29, 0.717) is 37.4 Å². The highest BCUT2D eigenvalue weighted by molar-refractivity contribution is 5.88. The molecule has 1 atom stereocenters. The van der Waals surface area contributed by atoms with Gasteiger partial charge in [0, 0.05) is 45.0 Å². The molecule has 0 heterocycles. The Labute approximate surface area is 337 Å². The second-order valence-electron chi connectivity index (χ2n) is 14.9. The maximum absolute atomic E-state index is 13.1. The van der Waals surface area contributed by atoms with Crippen LogP contribution in [0.2, 0.25) is 0 Å². The van der Waals surface area contributed by atoms with Gasteiger partial charge in [-0.2, -0.15) is 0 Å². The predicted octanol–water partition coefficient (Wildman–Crippen LogP) is 8.94. The summed E-state index contributed by atoms with van der Waals surface area (Å²) in [5.41, 5.74) is 0.675. The normalized spacial score (nSPS) is 11.6. The number of carbonyl (C=O) groups excluding carboxylic acids is 4. The smallest absolute Gasteiger partial charge is 0.242 e. The van der Waals surface area contributed by atoms with E-state index in [9.17, 15) is 29.3 Å². The number of ether oxygens (including phenoxy) is 1. The number of benzene rings is 1. The van der Waals surface area contributed by atoms with Crippen LogP contribution in [0.15, 0.2) is 30.5 Å². The average Bonchev–Trinajstić information content (AvgIpc) is 3.18. The second-order valence-corrected chi connectivity index (χ2v) is 14.9. The zero-order valence-corrected chi connectivity index (χ0v) is 34.9. The predicted molar refractivity (Wildman–Crippen MR) is 226 cm³/mol. The monoisotopic (exact) mass is 786 g/mol. The summed E-state index contributed by atoms with van der Waals surface area (Å²) in [6.45, 7) is 6.03. The lowest BCUT2D eigenvalue weighted by atomic mass is 10.1. The van der Waals surface area contributed by atoms with Crippen LogP contribution in [0.5, 0.6) is 5.75 Å². The summed E-state index contributed by atoms with van der Waals surface area (Å²) in [7, 11) is 0.